The monoisotopic (exact) mass is 239 g/mol. The van der Waals surface area contributed by atoms with Gasteiger partial charge in [0.1, 0.15) is 5.75 Å². The zero-order valence-corrected chi connectivity index (χ0v) is 10.0. The molecule has 0 N–H and O–H groups in total. The highest BCUT2D eigenvalue weighted by Gasteiger charge is 2.13. The van der Waals surface area contributed by atoms with Crippen LogP contribution in [0.1, 0.15) is 18.1 Å². The number of rotatable bonds is 4. The van der Waals surface area contributed by atoms with Crippen molar-refractivity contribution in [2.75, 3.05) is 12.9 Å². The third kappa shape index (κ3) is 2.97. The quantitative estimate of drug-likeness (QED) is 0.798. The first-order valence-electron chi connectivity index (χ1n) is 4.80. The van der Waals surface area contributed by atoms with Crippen LogP contribution in [0.3, 0.4) is 0 Å². The normalized spacial score (nSPS) is 10.8. The van der Waals surface area contributed by atoms with Crippen molar-refractivity contribution >= 4 is 9.84 Å². The fraction of sp³-hybridized carbons (Fsp3) is 0.364. The van der Waals surface area contributed by atoms with Gasteiger partial charge < -0.3 is 4.74 Å². The van der Waals surface area contributed by atoms with Gasteiger partial charge in [-0.15, -0.1) is 0 Å². The highest BCUT2D eigenvalue weighted by atomic mass is 32.2. The minimum atomic E-state index is -3.12. The lowest BCUT2D eigenvalue weighted by molar-refractivity contribution is 0.411. The molecule has 86 valence electrons. The molecular weight excluding hydrogens is 226 g/mol. The van der Waals surface area contributed by atoms with Crippen LogP contribution in [0.2, 0.25) is 0 Å². The first-order chi connectivity index (χ1) is 7.52. The van der Waals surface area contributed by atoms with Crippen molar-refractivity contribution in [1.29, 1.82) is 5.26 Å². The fourth-order valence-electron chi connectivity index (χ4n) is 1.30. The van der Waals surface area contributed by atoms with Crippen LogP contribution in [0.4, 0.5) is 0 Å². The van der Waals surface area contributed by atoms with Crippen LogP contribution >= 0.6 is 0 Å². The van der Waals surface area contributed by atoms with E-state index in [-0.39, 0.29) is 11.5 Å². The molecule has 0 aliphatic rings. The van der Waals surface area contributed by atoms with Gasteiger partial charge in [-0.1, -0.05) is 6.92 Å². The predicted molar refractivity (Wildman–Crippen MR) is 60.9 cm³/mol. The molecule has 0 saturated carbocycles. The highest BCUT2D eigenvalue weighted by molar-refractivity contribution is 7.90. The Hall–Kier alpha value is -1.54. The number of ether oxygens (including phenoxy) is 1. The molecule has 0 fully saturated rings. The molecular formula is C11H13NO3S. The molecule has 0 bridgehead atoms. The van der Waals surface area contributed by atoms with Crippen LogP contribution in [0.15, 0.2) is 18.2 Å². The molecule has 0 spiro atoms. The van der Waals surface area contributed by atoms with Crippen LogP contribution in [0.25, 0.3) is 0 Å². The highest BCUT2D eigenvalue weighted by Crippen LogP contribution is 2.22. The van der Waals surface area contributed by atoms with E-state index in [0.717, 1.165) is 0 Å². The van der Waals surface area contributed by atoms with Crippen molar-refractivity contribution < 1.29 is 13.2 Å². The summed E-state index contributed by atoms with van der Waals surface area (Å²) in [5, 5.41) is 8.74. The third-order valence-electron chi connectivity index (χ3n) is 2.22. The zero-order valence-electron chi connectivity index (χ0n) is 9.23. The molecule has 0 aromatic heterocycles. The summed E-state index contributed by atoms with van der Waals surface area (Å²) in [5.41, 5.74) is 0.963. The summed E-state index contributed by atoms with van der Waals surface area (Å²) < 4.78 is 28.1. The van der Waals surface area contributed by atoms with Gasteiger partial charge in [0.2, 0.25) is 0 Å². The van der Waals surface area contributed by atoms with Gasteiger partial charge >= 0.3 is 0 Å². The molecule has 0 radical (unpaired) electrons. The van der Waals surface area contributed by atoms with Crippen LogP contribution in [0.5, 0.6) is 5.75 Å². The molecule has 0 saturated heterocycles. The van der Waals surface area contributed by atoms with Gasteiger partial charge in [0.15, 0.2) is 9.84 Å². The molecule has 0 aliphatic carbocycles. The number of nitriles is 1. The van der Waals surface area contributed by atoms with E-state index in [4.69, 9.17) is 10.00 Å². The maximum atomic E-state index is 11.5. The summed E-state index contributed by atoms with van der Waals surface area (Å²) in [6.45, 7) is 1.59. The lowest BCUT2D eigenvalue weighted by atomic mass is 10.1. The SMILES string of the molecule is CCS(=O)(=O)Cc1cc(C#N)ccc1OC. The van der Waals surface area contributed by atoms with E-state index >= 15 is 0 Å². The smallest absolute Gasteiger partial charge is 0.154 e. The number of sulfone groups is 1. The number of benzene rings is 1. The lowest BCUT2D eigenvalue weighted by Crippen LogP contribution is -2.07. The fourth-order valence-corrected chi connectivity index (χ4v) is 2.20. The van der Waals surface area contributed by atoms with Crippen LogP contribution in [-0.2, 0) is 15.6 Å². The standard InChI is InChI=1S/C11H13NO3S/c1-3-16(13,14)8-10-6-9(7-12)4-5-11(10)15-2/h4-6H,3,8H2,1-2H3. The molecule has 0 atom stereocenters. The molecule has 1 aromatic rings. The predicted octanol–water partition coefficient (Wildman–Crippen LogP) is 1.50. The van der Waals surface area contributed by atoms with Crippen molar-refractivity contribution in [2.45, 2.75) is 12.7 Å². The van der Waals surface area contributed by atoms with Gasteiger partial charge in [-0.25, -0.2) is 8.42 Å². The number of hydrogen-bond acceptors (Lipinski definition) is 4. The maximum absolute atomic E-state index is 11.5. The van der Waals surface area contributed by atoms with E-state index in [1.165, 1.54) is 7.11 Å². The second kappa shape index (κ2) is 4.99. The van der Waals surface area contributed by atoms with Crippen LogP contribution in [-0.4, -0.2) is 21.3 Å². The summed E-state index contributed by atoms with van der Waals surface area (Å²) in [7, 11) is -1.64. The first-order valence-corrected chi connectivity index (χ1v) is 6.62. The molecule has 1 aromatic carbocycles. The number of methoxy groups -OCH3 is 1. The van der Waals surface area contributed by atoms with E-state index in [1.54, 1.807) is 25.1 Å². The molecule has 0 amide bonds. The summed E-state index contributed by atoms with van der Waals surface area (Å²) in [5.74, 6) is 0.478. The molecule has 0 unspecified atom stereocenters. The Morgan fingerprint density at radius 3 is 2.62 bits per heavy atom. The van der Waals surface area contributed by atoms with Crippen molar-refractivity contribution in [3.63, 3.8) is 0 Å². The van der Waals surface area contributed by atoms with Gasteiger partial charge in [0, 0.05) is 11.3 Å². The minimum Gasteiger partial charge on any atom is -0.496 e. The van der Waals surface area contributed by atoms with Crippen molar-refractivity contribution in [2.24, 2.45) is 0 Å². The van der Waals surface area contributed by atoms with E-state index in [0.29, 0.717) is 16.9 Å². The van der Waals surface area contributed by atoms with E-state index in [2.05, 4.69) is 0 Å². The van der Waals surface area contributed by atoms with Gasteiger partial charge in [-0.05, 0) is 18.2 Å². The molecule has 0 aliphatic heterocycles. The topological polar surface area (TPSA) is 67.2 Å². The minimum absolute atomic E-state index is 0.0763. The van der Waals surface area contributed by atoms with E-state index < -0.39 is 9.84 Å². The Morgan fingerprint density at radius 1 is 1.44 bits per heavy atom. The summed E-state index contributed by atoms with van der Waals surface area (Å²) in [6.07, 6.45) is 0. The van der Waals surface area contributed by atoms with Gasteiger partial charge in [0.05, 0.1) is 24.5 Å². The maximum Gasteiger partial charge on any atom is 0.154 e. The largest absolute Gasteiger partial charge is 0.496 e. The molecule has 5 heteroatoms. The van der Waals surface area contributed by atoms with Crippen molar-refractivity contribution in [1.82, 2.24) is 0 Å². The number of nitrogens with zero attached hydrogens (tertiary/aromatic N) is 1. The number of hydrogen-bond donors (Lipinski definition) is 0. The van der Waals surface area contributed by atoms with Gasteiger partial charge in [0.25, 0.3) is 0 Å². The molecule has 16 heavy (non-hydrogen) atoms. The van der Waals surface area contributed by atoms with E-state index in [1.807, 2.05) is 6.07 Å². The summed E-state index contributed by atoms with van der Waals surface area (Å²) >= 11 is 0. The average molecular weight is 239 g/mol. The Labute approximate surface area is 95.4 Å². The Balaban J connectivity index is 3.16. The third-order valence-corrected chi connectivity index (χ3v) is 3.86. The lowest BCUT2D eigenvalue weighted by Gasteiger charge is -2.08. The zero-order chi connectivity index (χ0) is 12.2. The van der Waals surface area contributed by atoms with Crippen molar-refractivity contribution in [3.8, 4) is 11.8 Å². The Kier molecular flexibility index (Phi) is 3.91. The second-order valence-electron chi connectivity index (χ2n) is 3.32. The van der Waals surface area contributed by atoms with Gasteiger partial charge in [-0.2, -0.15) is 5.26 Å². The van der Waals surface area contributed by atoms with Crippen molar-refractivity contribution in [3.05, 3.63) is 29.3 Å². The van der Waals surface area contributed by atoms with Crippen LogP contribution < -0.4 is 4.74 Å². The van der Waals surface area contributed by atoms with Crippen LogP contribution in [0, 0.1) is 11.3 Å². The Bertz CT molecular complexity index is 515. The summed E-state index contributed by atoms with van der Waals surface area (Å²) in [4.78, 5) is 0. The molecule has 1 rings (SSSR count). The molecule has 4 nitrogen and oxygen atoms in total. The summed E-state index contributed by atoms with van der Waals surface area (Å²) in [6, 6.07) is 6.73. The second-order valence-corrected chi connectivity index (χ2v) is 5.67. The Morgan fingerprint density at radius 2 is 2.12 bits per heavy atom. The van der Waals surface area contributed by atoms with E-state index in [9.17, 15) is 8.42 Å². The first kappa shape index (κ1) is 12.5. The van der Waals surface area contributed by atoms with Gasteiger partial charge in [-0.3, -0.25) is 0 Å². The molecule has 0 heterocycles. The average Bonchev–Trinajstić information content (AvgIpc) is 2.28.